The van der Waals surface area contributed by atoms with Crippen molar-refractivity contribution in [1.82, 2.24) is 4.98 Å². The first-order chi connectivity index (χ1) is 6.50. The van der Waals surface area contributed by atoms with Crippen LogP contribution in [0.15, 0.2) is 12.3 Å². The number of aromatic nitrogens is 1. The maximum Gasteiger partial charge on any atom is 0.141 e. The van der Waals surface area contributed by atoms with E-state index in [1.54, 1.807) is 6.20 Å². The van der Waals surface area contributed by atoms with Crippen molar-refractivity contribution < 1.29 is 4.74 Å². The second kappa shape index (κ2) is 4.37. The van der Waals surface area contributed by atoms with Crippen LogP contribution in [0.25, 0.3) is 0 Å². The predicted molar refractivity (Wildman–Crippen MR) is 60.6 cm³/mol. The molecule has 0 aliphatic heterocycles. The van der Waals surface area contributed by atoms with Gasteiger partial charge in [-0.2, -0.15) is 0 Å². The number of hydrogen-bond donors (Lipinski definition) is 1. The van der Waals surface area contributed by atoms with E-state index in [0.29, 0.717) is 4.99 Å². The quantitative estimate of drug-likeness (QED) is 0.773. The first kappa shape index (κ1) is 10.9. The largest absolute Gasteiger partial charge is 0.489 e. The third kappa shape index (κ3) is 2.67. The number of nitrogens with two attached hydrogens (primary N) is 1. The molecule has 76 valence electrons. The number of ether oxygens (including phenoxy) is 1. The van der Waals surface area contributed by atoms with Gasteiger partial charge >= 0.3 is 0 Å². The number of rotatable bonds is 3. The van der Waals surface area contributed by atoms with Gasteiger partial charge in [0.15, 0.2) is 0 Å². The van der Waals surface area contributed by atoms with Crippen LogP contribution in [0.5, 0.6) is 5.75 Å². The lowest BCUT2D eigenvalue weighted by Gasteiger charge is -2.12. The monoisotopic (exact) mass is 210 g/mol. The molecule has 1 heterocycles. The Balaban J connectivity index is 3.02. The van der Waals surface area contributed by atoms with E-state index >= 15 is 0 Å². The maximum absolute atomic E-state index is 5.56. The summed E-state index contributed by atoms with van der Waals surface area (Å²) in [6.07, 6.45) is 1.78. The fourth-order valence-electron chi connectivity index (χ4n) is 1.02. The van der Waals surface area contributed by atoms with E-state index in [9.17, 15) is 0 Å². The number of pyridine rings is 1. The average Bonchev–Trinajstić information content (AvgIpc) is 2.07. The number of aryl methyl sites for hydroxylation is 1. The molecule has 0 atom stereocenters. The lowest BCUT2D eigenvalue weighted by molar-refractivity contribution is 0.239. The van der Waals surface area contributed by atoms with Gasteiger partial charge in [-0.3, -0.25) is 4.98 Å². The Morgan fingerprint density at radius 3 is 2.71 bits per heavy atom. The SMILES string of the molecule is Cc1ncc(C(N)=S)cc1OC(C)C. The average molecular weight is 210 g/mol. The highest BCUT2D eigenvalue weighted by atomic mass is 32.1. The minimum atomic E-state index is 0.122. The fraction of sp³-hybridized carbons (Fsp3) is 0.400. The van der Waals surface area contributed by atoms with E-state index in [0.717, 1.165) is 17.0 Å². The molecule has 0 bridgehead atoms. The van der Waals surface area contributed by atoms with Crippen LogP contribution in [0.2, 0.25) is 0 Å². The molecule has 0 aromatic carbocycles. The second-order valence-corrected chi connectivity index (χ2v) is 3.78. The van der Waals surface area contributed by atoms with Crippen molar-refractivity contribution in [2.45, 2.75) is 26.9 Å². The molecule has 0 spiro atoms. The molecule has 0 saturated heterocycles. The van der Waals surface area contributed by atoms with Crippen LogP contribution >= 0.6 is 12.2 Å². The zero-order valence-corrected chi connectivity index (χ0v) is 9.39. The van der Waals surface area contributed by atoms with Crippen LogP contribution in [0, 0.1) is 6.92 Å². The summed E-state index contributed by atoms with van der Waals surface area (Å²) in [6.45, 7) is 5.82. The van der Waals surface area contributed by atoms with Crippen LogP contribution < -0.4 is 10.5 Å². The third-order valence-corrected chi connectivity index (χ3v) is 1.92. The van der Waals surface area contributed by atoms with Crippen molar-refractivity contribution in [2.75, 3.05) is 0 Å². The Hall–Kier alpha value is -1.16. The van der Waals surface area contributed by atoms with Crippen LogP contribution in [-0.2, 0) is 0 Å². The molecular weight excluding hydrogens is 196 g/mol. The summed E-state index contributed by atoms with van der Waals surface area (Å²) in [5.41, 5.74) is 7.08. The highest BCUT2D eigenvalue weighted by molar-refractivity contribution is 7.80. The molecule has 3 nitrogen and oxygen atoms in total. The number of nitrogens with zero attached hydrogens (tertiary/aromatic N) is 1. The molecule has 0 saturated carbocycles. The van der Waals surface area contributed by atoms with Crippen LogP contribution in [-0.4, -0.2) is 16.1 Å². The summed E-state index contributed by atoms with van der Waals surface area (Å²) < 4.78 is 5.56. The summed E-state index contributed by atoms with van der Waals surface area (Å²) in [5, 5.41) is 0. The van der Waals surface area contributed by atoms with Crippen LogP contribution in [0.3, 0.4) is 0 Å². The van der Waals surface area contributed by atoms with Crippen molar-refractivity contribution in [3.05, 3.63) is 23.5 Å². The van der Waals surface area contributed by atoms with E-state index in [2.05, 4.69) is 4.98 Å². The van der Waals surface area contributed by atoms with Crippen molar-refractivity contribution in [1.29, 1.82) is 0 Å². The zero-order valence-electron chi connectivity index (χ0n) is 8.57. The Bertz CT molecular complexity index is 350. The maximum atomic E-state index is 5.56. The Morgan fingerprint density at radius 2 is 2.21 bits per heavy atom. The molecule has 0 amide bonds. The van der Waals surface area contributed by atoms with E-state index in [-0.39, 0.29) is 6.10 Å². The number of hydrogen-bond acceptors (Lipinski definition) is 3. The molecule has 1 aromatic rings. The molecule has 0 aliphatic rings. The summed E-state index contributed by atoms with van der Waals surface area (Å²) in [5.74, 6) is 0.741. The van der Waals surface area contributed by atoms with E-state index < -0.39 is 0 Å². The van der Waals surface area contributed by atoms with E-state index in [1.165, 1.54) is 0 Å². The lowest BCUT2D eigenvalue weighted by atomic mass is 10.2. The standard InChI is InChI=1S/C10H14N2OS/c1-6(2)13-9-4-8(10(11)14)5-12-7(9)3/h4-6H,1-3H3,(H2,11,14). The van der Waals surface area contributed by atoms with Crippen molar-refractivity contribution >= 4 is 17.2 Å². The van der Waals surface area contributed by atoms with Crippen LogP contribution in [0.1, 0.15) is 25.1 Å². The summed E-state index contributed by atoms with van der Waals surface area (Å²) in [6, 6.07) is 1.82. The Labute approximate surface area is 89.3 Å². The highest BCUT2D eigenvalue weighted by Crippen LogP contribution is 2.18. The molecule has 1 rings (SSSR count). The van der Waals surface area contributed by atoms with Gasteiger partial charge in [0.25, 0.3) is 0 Å². The molecule has 14 heavy (non-hydrogen) atoms. The summed E-state index contributed by atoms with van der Waals surface area (Å²) in [4.78, 5) is 4.50. The molecule has 0 aliphatic carbocycles. The number of thiocarbonyl (C=S) groups is 1. The van der Waals surface area contributed by atoms with Gasteiger partial charge in [0.2, 0.25) is 0 Å². The smallest absolute Gasteiger partial charge is 0.141 e. The molecular formula is C10H14N2OS. The van der Waals surface area contributed by atoms with Gasteiger partial charge in [-0.1, -0.05) is 12.2 Å². The van der Waals surface area contributed by atoms with Crippen molar-refractivity contribution in [3.63, 3.8) is 0 Å². The van der Waals surface area contributed by atoms with Gasteiger partial charge in [-0.05, 0) is 26.8 Å². The second-order valence-electron chi connectivity index (χ2n) is 3.34. The van der Waals surface area contributed by atoms with Gasteiger partial charge in [-0.15, -0.1) is 0 Å². The summed E-state index contributed by atoms with van der Waals surface area (Å²) >= 11 is 4.86. The molecule has 0 unspecified atom stereocenters. The summed E-state index contributed by atoms with van der Waals surface area (Å²) in [7, 11) is 0. The zero-order chi connectivity index (χ0) is 10.7. The first-order valence-corrected chi connectivity index (χ1v) is 4.84. The topological polar surface area (TPSA) is 48.1 Å². The van der Waals surface area contributed by atoms with Crippen molar-refractivity contribution in [3.8, 4) is 5.75 Å². The van der Waals surface area contributed by atoms with Gasteiger partial charge < -0.3 is 10.5 Å². The highest BCUT2D eigenvalue weighted by Gasteiger charge is 2.06. The first-order valence-electron chi connectivity index (χ1n) is 4.44. The predicted octanol–water partition coefficient (Wildman–Crippen LogP) is 1.81. The fourth-order valence-corrected chi connectivity index (χ4v) is 1.13. The van der Waals surface area contributed by atoms with Gasteiger partial charge in [0.1, 0.15) is 10.7 Å². The molecule has 2 N–H and O–H groups in total. The van der Waals surface area contributed by atoms with E-state index in [1.807, 2.05) is 26.8 Å². The van der Waals surface area contributed by atoms with Gasteiger partial charge in [0.05, 0.1) is 11.8 Å². The Kier molecular flexibility index (Phi) is 3.41. The lowest BCUT2D eigenvalue weighted by Crippen LogP contribution is -2.12. The molecule has 0 radical (unpaired) electrons. The Morgan fingerprint density at radius 1 is 1.57 bits per heavy atom. The normalized spacial score (nSPS) is 10.3. The van der Waals surface area contributed by atoms with Crippen molar-refractivity contribution in [2.24, 2.45) is 5.73 Å². The van der Waals surface area contributed by atoms with Gasteiger partial charge in [0, 0.05) is 11.8 Å². The van der Waals surface area contributed by atoms with Crippen LogP contribution in [0.4, 0.5) is 0 Å². The van der Waals surface area contributed by atoms with Gasteiger partial charge in [-0.25, -0.2) is 0 Å². The molecule has 0 fully saturated rings. The minimum Gasteiger partial charge on any atom is -0.489 e. The van der Waals surface area contributed by atoms with E-state index in [4.69, 9.17) is 22.7 Å². The third-order valence-electron chi connectivity index (χ3n) is 1.69. The molecule has 4 heteroatoms. The molecule has 1 aromatic heterocycles. The minimum absolute atomic E-state index is 0.122.